The van der Waals surface area contributed by atoms with E-state index in [2.05, 4.69) is 10.6 Å². The zero-order chi connectivity index (χ0) is 19.3. The molecule has 0 aliphatic carbocycles. The summed E-state index contributed by atoms with van der Waals surface area (Å²) >= 11 is 1.63. The summed E-state index contributed by atoms with van der Waals surface area (Å²) in [5.41, 5.74) is 0.141. The molecule has 3 fully saturated rings. The number of hydrogen-bond acceptors (Lipinski definition) is 6. The van der Waals surface area contributed by atoms with Crippen LogP contribution in [0.5, 0.6) is 0 Å². The molecule has 7 nitrogen and oxygen atoms in total. The molecule has 0 spiro atoms. The zero-order valence-corrected chi connectivity index (χ0v) is 16.7. The van der Waals surface area contributed by atoms with Crippen LogP contribution in [0.15, 0.2) is 10.6 Å². The molecule has 0 aromatic rings. The quantitative estimate of drug-likeness (QED) is 0.506. The minimum absolute atomic E-state index is 0.0474. The van der Waals surface area contributed by atoms with Gasteiger partial charge in [0, 0.05) is 28.7 Å². The first-order chi connectivity index (χ1) is 12.9. The van der Waals surface area contributed by atoms with Gasteiger partial charge >= 0.3 is 5.97 Å². The molecule has 1 unspecified atom stereocenters. The van der Waals surface area contributed by atoms with Gasteiger partial charge in [-0.25, -0.2) is 4.79 Å². The lowest BCUT2D eigenvalue weighted by Gasteiger charge is -2.46. The summed E-state index contributed by atoms with van der Waals surface area (Å²) in [6.45, 7) is 6.62. The van der Waals surface area contributed by atoms with Gasteiger partial charge in [0.05, 0.1) is 18.1 Å². The van der Waals surface area contributed by atoms with E-state index in [1.54, 1.807) is 18.7 Å². The molecule has 0 aromatic carbocycles. The van der Waals surface area contributed by atoms with Crippen molar-refractivity contribution in [2.45, 2.75) is 56.5 Å². The van der Waals surface area contributed by atoms with E-state index in [-0.39, 0.29) is 23.6 Å². The SMILES string of the molecule is C[C@@H](O)[C@H]1C(=O)N2C(C(=O)O)=C(S[C@@H]3CN[C@H](C4CCCNC4)C3)[C@H](C)[C@H]12. The Labute approximate surface area is 163 Å². The predicted octanol–water partition coefficient (Wildman–Crippen LogP) is 0.603. The fraction of sp³-hybridized carbons (Fsp3) is 0.789. The maximum absolute atomic E-state index is 12.4. The van der Waals surface area contributed by atoms with E-state index in [4.69, 9.17) is 0 Å². The number of fused-ring (bicyclic) bond motifs is 1. The minimum Gasteiger partial charge on any atom is -0.477 e. The van der Waals surface area contributed by atoms with E-state index in [1.807, 2.05) is 6.92 Å². The highest BCUT2D eigenvalue weighted by atomic mass is 32.2. The van der Waals surface area contributed by atoms with Crippen LogP contribution >= 0.6 is 11.8 Å². The van der Waals surface area contributed by atoms with E-state index in [0.717, 1.165) is 31.0 Å². The monoisotopic (exact) mass is 395 g/mol. The van der Waals surface area contributed by atoms with E-state index in [0.29, 0.717) is 17.2 Å². The van der Waals surface area contributed by atoms with Crippen LogP contribution < -0.4 is 10.6 Å². The number of thioether (sulfide) groups is 1. The van der Waals surface area contributed by atoms with Crippen LogP contribution in [0.3, 0.4) is 0 Å². The molecule has 4 aliphatic rings. The summed E-state index contributed by atoms with van der Waals surface area (Å²) in [6, 6.07) is 0.253. The molecule has 4 N–H and O–H groups in total. The molecular formula is C19H29N3O4S. The van der Waals surface area contributed by atoms with Gasteiger partial charge in [0.25, 0.3) is 0 Å². The standard InChI is InChI=1S/C19H29N3O4S/c1-9-15-14(10(2)23)18(24)22(15)16(19(25)26)17(9)27-12-6-13(21-8-12)11-4-3-5-20-7-11/h9-15,20-21,23H,3-8H2,1-2H3,(H,25,26)/t9-,10-,11?,12+,13+,14-,15-/m1/s1. The lowest BCUT2D eigenvalue weighted by molar-refractivity contribution is -0.163. The number of carbonyl (C=O) groups is 2. The number of carboxylic acid groups (broad SMARTS) is 1. The van der Waals surface area contributed by atoms with Gasteiger partial charge in [0.2, 0.25) is 5.91 Å². The highest BCUT2D eigenvalue weighted by Gasteiger charge is 2.60. The number of hydrogen-bond donors (Lipinski definition) is 4. The second-order valence-corrected chi connectivity index (χ2v) is 9.71. The van der Waals surface area contributed by atoms with E-state index in [9.17, 15) is 19.8 Å². The molecule has 3 saturated heterocycles. The fourth-order valence-electron chi connectivity index (χ4n) is 5.26. The summed E-state index contributed by atoms with van der Waals surface area (Å²) in [5.74, 6) is -1.20. The Morgan fingerprint density at radius 3 is 2.78 bits per heavy atom. The van der Waals surface area contributed by atoms with E-state index < -0.39 is 18.0 Å². The third-order valence-electron chi connectivity index (χ3n) is 6.63. The number of piperidine rings is 1. The van der Waals surface area contributed by atoms with Gasteiger partial charge in [0.15, 0.2) is 0 Å². The molecule has 1 amide bonds. The van der Waals surface area contributed by atoms with Crippen LogP contribution in [0.1, 0.15) is 33.1 Å². The average molecular weight is 396 g/mol. The zero-order valence-electron chi connectivity index (χ0n) is 15.9. The van der Waals surface area contributed by atoms with Crippen molar-refractivity contribution >= 4 is 23.6 Å². The lowest BCUT2D eigenvalue weighted by Crippen LogP contribution is -2.63. The molecule has 4 rings (SSSR count). The maximum atomic E-state index is 12.4. The molecule has 8 heteroatoms. The number of nitrogens with zero attached hydrogens (tertiary/aromatic N) is 1. The third kappa shape index (κ3) is 3.20. The first kappa shape index (κ1) is 19.2. The topological polar surface area (TPSA) is 102 Å². The van der Waals surface area contributed by atoms with Crippen LogP contribution in [-0.4, -0.2) is 70.1 Å². The summed E-state index contributed by atoms with van der Waals surface area (Å²) in [4.78, 5) is 26.5. The molecule has 4 heterocycles. The van der Waals surface area contributed by atoms with Crippen molar-refractivity contribution in [3.63, 3.8) is 0 Å². The third-order valence-corrected chi connectivity index (χ3v) is 8.14. The predicted molar refractivity (Wildman–Crippen MR) is 103 cm³/mol. The highest BCUT2D eigenvalue weighted by Crippen LogP contribution is 2.52. The van der Waals surface area contributed by atoms with Gasteiger partial charge < -0.3 is 25.7 Å². The molecule has 0 radical (unpaired) electrons. The molecule has 4 aliphatic heterocycles. The number of rotatable bonds is 5. The van der Waals surface area contributed by atoms with E-state index in [1.165, 1.54) is 17.7 Å². The van der Waals surface area contributed by atoms with Crippen molar-refractivity contribution in [1.29, 1.82) is 0 Å². The molecule has 27 heavy (non-hydrogen) atoms. The number of aliphatic hydroxyl groups is 1. The van der Waals surface area contributed by atoms with Gasteiger partial charge in [-0.05, 0) is 45.2 Å². The molecule has 0 bridgehead atoms. The molecule has 0 saturated carbocycles. The maximum Gasteiger partial charge on any atom is 0.353 e. The van der Waals surface area contributed by atoms with Crippen molar-refractivity contribution in [3.8, 4) is 0 Å². The Kier molecular flexibility index (Phi) is 5.26. The number of carbonyl (C=O) groups excluding carboxylic acids is 1. The summed E-state index contributed by atoms with van der Waals surface area (Å²) in [6.07, 6.45) is 2.73. The van der Waals surface area contributed by atoms with Crippen LogP contribution in [0.4, 0.5) is 0 Å². The van der Waals surface area contributed by atoms with Gasteiger partial charge in [0.1, 0.15) is 5.70 Å². The van der Waals surface area contributed by atoms with Crippen molar-refractivity contribution in [2.24, 2.45) is 17.8 Å². The number of carboxylic acids is 1. The van der Waals surface area contributed by atoms with Crippen molar-refractivity contribution in [2.75, 3.05) is 19.6 Å². The Morgan fingerprint density at radius 2 is 2.15 bits per heavy atom. The minimum atomic E-state index is -1.04. The van der Waals surface area contributed by atoms with E-state index >= 15 is 0 Å². The van der Waals surface area contributed by atoms with Crippen LogP contribution in [0.2, 0.25) is 0 Å². The largest absolute Gasteiger partial charge is 0.477 e. The summed E-state index contributed by atoms with van der Waals surface area (Å²) < 4.78 is 0. The number of nitrogens with one attached hydrogen (secondary N) is 2. The average Bonchev–Trinajstić information content (AvgIpc) is 3.18. The van der Waals surface area contributed by atoms with Crippen LogP contribution in [0, 0.1) is 17.8 Å². The Hall–Kier alpha value is -1.09. The highest BCUT2D eigenvalue weighted by molar-refractivity contribution is 8.03. The van der Waals surface area contributed by atoms with Crippen molar-refractivity contribution < 1.29 is 19.8 Å². The van der Waals surface area contributed by atoms with Crippen LogP contribution in [0.25, 0.3) is 0 Å². The normalized spacial score (nSPS) is 40.1. The number of aliphatic carboxylic acids is 1. The van der Waals surface area contributed by atoms with Gasteiger partial charge in [-0.1, -0.05) is 6.92 Å². The number of β-lactam (4-membered cyclic amide) rings is 1. The van der Waals surface area contributed by atoms with Crippen molar-refractivity contribution in [1.82, 2.24) is 15.5 Å². The van der Waals surface area contributed by atoms with Gasteiger partial charge in [-0.2, -0.15) is 0 Å². The first-order valence-electron chi connectivity index (χ1n) is 9.99. The molecule has 7 atom stereocenters. The van der Waals surface area contributed by atoms with Crippen molar-refractivity contribution in [3.05, 3.63) is 10.6 Å². The molecular weight excluding hydrogens is 366 g/mol. The second-order valence-electron chi connectivity index (χ2n) is 8.37. The number of aliphatic hydroxyl groups excluding tert-OH is 1. The Morgan fingerprint density at radius 1 is 1.37 bits per heavy atom. The Bertz CT molecular complexity index is 661. The summed E-state index contributed by atoms with van der Waals surface area (Å²) in [7, 11) is 0. The lowest BCUT2D eigenvalue weighted by atomic mass is 9.79. The van der Waals surface area contributed by atoms with Gasteiger partial charge in [-0.15, -0.1) is 11.8 Å². The smallest absolute Gasteiger partial charge is 0.353 e. The fourth-order valence-corrected chi connectivity index (χ4v) is 6.76. The molecule has 150 valence electrons. The van der Waals surface area contributed by atoms with Gasteiger partial charge in [-0.3, -0.25) is 4.79 Å². The Balaban J connectivity index is 1.48. The summed E-state index contributed by atoms with van der Waals surface area (Å²) in [5, 5.41) is 27.1. The first-order valence-corrected chi connectivity index (χ1v) is 10.9. The second kappa shape index (κ2) is 7.39. The van der Waals surface area contributed by atoms with Crippen LogP contribution in [-0.2, 0) is 9.59 Å². The molecule has 0 aromatic heterocycles. The number of amides is 1.